The minimum atomic E-state index is -1.23. The van der Waals surface area contributed by atoms with Crippen molar-refractivity contribution < 1.29 is 23.8 Å². The molecule has 0 N–H and O–H groups in total. The van der Waals surface area contributed by atoms with E-state index < -0.39 is 26.0 Å². The van der Waals surface area contributed by atoms with Crippen LogP contribution in [0.3, 0.4) is 0 Å². The Morgan fingerprint density at radius 2 is 2.00 bits per heavy atom. The number of ether oxygens (including phenoxy) is 3. The molecule has 0 aromatic heterocycles. The van der Waals surface area contributed by atoms with E-state index in [0.29, 0.717) is 13.0 Å². The Bertz CT molecular complexity index is 377. The van der Waals surface area contributed by atoms with Crippen LogP contribution in [0.5, 0.6) is 0 Å². The van der Waals surface area contributed by atoms with Crippen molar-refractivity contribution in [3.8, 4) is 0 Å². The fourth-order valence-corrected chi connectivity index (χ4v) is 4.19. The first kappa shape index (κ1) is 17.2. The molecule has 1 aliphatic rings. The largest absolute Gasteiger partial charge is 0.463 e. The van der Waals surface area contributed by atoms with Gasteiger partial charge >= 0.3 is 11.9 Å². The number of halogens is 1. The molecule has 1 saturated heterocycles. The molecule has 7 heteroatoms. The molecule has 1 aliphatic heterocycles. The summed E-state index contributed by atoms with van der Waals surface area (Å²) in [6.45, 7) is 4.45. The Labute approximate surface area is 126 Å². The van der Waals surface area contributed by atoms with Crippen LogP contribution in [0, 0.1) is 0 Å². The fourth-order valence-electron chi connectivity index (χ4n) is 2.13. The minimum absolute atomic E-state index is 0.208. The maximum absolute atomic E-state index is 12.1. The van der Waals surface area contributed by atoms with Crippen LogP contribution < -0.4 is 0 Å². The maximum atomic E-state index is 12.1. The van der Waals surface area contributed by atoms with Gasteiger partial charge in [0.25, 0.3) is 0 Å². The van der Waals surface area contributed by atoms with Crippen LogP contribution in [0.15, 0.2) is 11.6 Å². The molecule has 1 atom stereocenters. The van der Waals surface area contributed by atoms with Crippen molar-refractivity contribution in [2.45, 2.75) is 38.3 Å². The lowest BCUT2D eigenvalue weighted by molar-refractivity contribution is -0.143. The lowest BCUT2D eigenvalue weighted by Crippen LogP contribution is -2.45. The molecule has 20 heavy (non-hydrogen) atoms. The Hall–Kier alpha value is -0.853. The third-order valence-corrected chi connectivity index (χ3v) is 5.77. The third-order valence-electron chi connectivity index (χ3n) is 3.10. The summed E-state index contributed by atoms with van der Waals surface area (Å²) in [5, 5.41) is -0.821. The van der Waals surface area contributed by atoms with E-state index in [-0.39, 0.29) is 18.8 Å². The van der Waals surface area contributed by atoms with Crippen LogP contribution in [0.2, 0.25) is 0 Å². The molecule has 0 aromatic carbocycles. The van der Waals surface area contributed by atoms with Crippen molar-refractivity contribution in [1.29, 1.82) is 0 Å². The van der Waals surface area contributed by atoms with Gasteiger partial charge in [0, 0.05) is 12.7 Å². The van der Waals surface area contributed by atoms with Gasteiger partial charge in [-0.3, -0.25) is 0 Å². The van der Waals surface area contributed by atoms with E-state index in [0.717, 1.165) is 12.8 Å². The van der Waals surface area contributed by atoms with Gasteiger partial charge in [-0.1, -0.05) is 0 Å². The van der Waals surface area contributed by atoms with Gasteiger partial charge in [0.05, 0.1) is 24.0 Å². The summed E-state index contributed by atoms with van der Waals surface area (Å²) in [5.74, 6) is -1.11. The number of hydrogen-bond donors (Lipinski definition) is 0. The van der Waals surface area contributed by atoms with Gasteiger partial charge in [-0.25, -0.2) is 9.59 Å². The molecule has 5 nitrogen and oxygen atoms in total. The van der Waals surface area contributed by atoms with Gasteiger partial charge in [-0.2, -0.15) is 11.1 Å². The van der Waals surface area contributed by atoms with Crippen molar-refractivity contribution in [2.24, 2.45) is 0 Å². The normalized spacial score (nSPS) is 23.9. The molecule has 0 spiro atoms. The highest BCUT2D eigenvalue weighted by atomic mass is 35.6. The lowest BCUT2D eigenvalue weighted by atomic mass is 10.00. The first-order valence-electron chi connectivity index (χ1n) is 6.85. The Morgan fingerprint density at radius 3 is 2.50 bits per heavy atom. The van der Waals surface area contributed by atoms with Crippen LogP contribution in [-0.4, -0.2) is 45.8 Å². The molecule has 1 fully saturated rings. The standard InChI is InChI=1S/C13H21ClO5Si/c1-3-17-11(15)9-10(12(16)18-4-2)13(20-14)7-5-6-8-19-13/h9H,3-8,20H2,1-2H3/b10-9+. The number of esters is 2. The van der Waals surface area contributed by atoms with E-state index in [1.54, 1.807) is 13.8 Å². The highest BCUT2D eigenvalue weighted by Crippen LogP contribution is 2.33. The molecule has 1 rings (SSSR count). The summed E-state index contributed by atoms with van der Waals surface area (Å²) in [6.07, 6.45) is 3.68. The van der Waals surface area contributed by atoms with Crippen molar-refractivity contribution >= 4 is 31.8 Å². The molecule has 0 saturated carbocycles. The second-order valence-corrected chi connectivity index (χ2v) is 6.68. The van der Waals surface area contributed by atoms with Crippen LogP contribution >= 0.6 is 11.1 Å². The summed E-state index contributed by atoms with van der Waals surface area (Å²) in [7, 11) is -1.23. The predicted octanol–water partition coefficient (Wildman–Crippen LogP) is 1.26. The summed E-state index contributed by atoms with van der Waals surface area (Å²) < 4.78 is 15.7. The van der Waals surface area contributed by atoms with Gasteiger partial charge in [-0.05, 0) is 33.1 Å². The summed E-state index contributed by atoms with van der Waals surface area (Å²) in [6, 6.07) is 0. The van der Waals surface area contributed by atoms with Gasteiger partial charge in [-0.15, -0.1) is 0 Å². The zero-order valence-electron chi connectivity index (χ0n) is 11.9. The summed E-state index contributed by atoms with van der Waals surface area (Å²) in [5.41, 5.74) is 0.208. The molecular weight excluding hydrogens is 300 g/mol. The smallest absolute Gasteiger partial charge is 0.336 e. The molecular formula is C13H21ClO5Si. The quantitative estimate of drug-likeness (QED) is 0.319. The average Bonchev–Trinajstić information content (AvgIpc) is 2.46. The van der Waals surface area contributed by atoms with Gasteiger partial charge in [0.1, 0.15) is 0 Å². The lowest BCUT2D eigenvalue weighted by Gasteiger charge is -2.36. The van der Waals surface area contributed by atoms with Crippen molar-refractivity contribution in [3.63, 3.8) is 0 Å². The SMILES string of the molecule is CCOC(=O)/C=C(\C(=O)OCC)C1([SiH2]Cl)CCCCO1. The Morgan fingerprint density at radius 1 is 1.30 bits per heavy atom. The molecule has 0 amide bonds. The van der Waals surface area contributed by atoms with Crippen LogP contribution in [0.1, 0.15) is 33.1 Å². The second kappa shape index (κ2) is 8.44. The zero-order valence-corrected chi connectivity index (χ0v) is 14.1. The van der Waals surface area contributed by atoms with Crippen LogP contribution in [0.4, 0.5) is 0 Å². The van der Waals surface area contributed by atoms with Gasteiger partial charge < -0.3 is 14.2 Å². The Balaban J connectivity index is 3.07. The predicted molar refractivity (Wildman–Crippen MR) is 78.3 cm³/mol. The number of carbonyl (C=O) groups excluding carboxylic acids is 2. The van der Waals surface area contributed by atoms with E-state index in [1.165, 1.54) is 6.08 Å². The molecule has 1 heterocycles. The molecule has 1 unspecified atom stereocenters. The van der Waals surface area contributed by atoms with Crippen molar-refractivity contribution in [1.82, 2.24) is 0 Å². The molecule has 0 radical (unpaired) electrons. The number of hydrogen-bond acceptors (Lipinski definition) is 5. The van der Waals surface area contributed by atoms with Crippen LogP contribution in [-0.2, 0) is 23.8 Å². The van der Waals surface area contributed by atoms with Crippen LogP contribution in [0.25, 0.3) is 0 Å². The molecule has 114 valence electrons. The van der Waals surface area contributed by atoms with E-state index >= 15 is 0 Å². The maximum Gasteiger partial charge on any atom is 0.336 e. The van der Waals surface area contributed by atoms with Gasteiger partial charge in [0.15, 0.2) is 8.83 Å². The number of rotatable bonds is 6. The van der Waals surface area contributed by atoms with E-state index in [4.69, 9.17) is 25.3 Å². The van der Waals surface area contributed by atoms with Crippen molar-refractivity contribution in [2.75, 3.05) is 19.8 Å². The highest BCUT2D eigenvalue weighted by molar-refractivity contribution is 6.95. The molecule has 0 bridgehead atoms. The first-order chi connectivity index (χ1) is 9.59. The monoisotopic (exact) mass is 320 g/mol. The average molecular weight is 321 g/mol. The third kappa shape index (κ3) is 4.33. The summed E-state index contributed by atoms with van der Waals surface area (Å²) >= 11 is 6.15. The van der Waals surface area contributed by atoms with Gasteiger partial charge in [0.2, 0.25) is 0 Å². The summed E-state index contributed by atoms with van der Waals surface area (Å²) in [4.78, 5) is 23.8. The minimum Gasteiger partial charge on any atom is -0.463 e. The fraction of sp³-hybridized carbons (Fsp3) is 0.692. The topological polar surface area (TPSA) is 61.8 Å². The van der Waals surface area contributed by atoms with E-state index in [1.807, 2.05) is 0 Å². The molecule has 0 aromatic rings. The van der Waals surface area contributed by atoms with E-state index in [2.05, 4.69) is 0 Å². The second-order valence-electron chi connectivity index (χ2n) is 4.46. The Kier molecular flexibility index (Phi) is 7.26. The zero-order chi connectivity index (χ0) is 15.0. The van der Waals surface area contributed by atoms with Crippen molar-refractivity contribution in [3.05, 3.63) is 11.6 Å². The molecule has 0 aliphatic carbocycles. The van der Waals surface area contributed by atoms with E-state index in [9.17, 15) is 9.59 Å². The first-order valence-corrected chi connectivity index (χ1v) is 9.70. The highest BCUT2D eigenvalue weighted by Gasteiger charge is 2.41. The number of carbonyl (C=O) groups is 2.